The van der Waals surface area contributed by atoms with Crippen molar-refractivity contribution < 1.29 is 4.74 Å². The van der Waals surface area contributed by atoms with Crippen molar-refractivity contribution in [3.8, 4) is 5.75 Å². The van der Waals surface area contributed by atoms with Gasteiger partial charge in [0.25, 0.3) is 0 Å². The summed E-state index contributed by atoms with van der Waals surface area (Å²) < 4.78 is 5.53. The van der Waals surface area contributed by atoms with E-state index in [0.717, 1.165) is 30.0 Å². The van der Waals surface area contributed by atoms with Crippen LogP contribution in [0.4, 0.5) is 11.5 Å². The first-order valence-electron chi connectivity index (χ1n) is 6.18. The van der Waals surface area contributed by atoms with Crippen molar-refractivity contribution in [2.45, 2.75) is 20.3 Å². The lowest BCUT2D eigenvalue weighted by atomic mass is 10.3. The van der Waals surface area contributed by atoms with Crippen LogP contribution in [0.5, 0.6) is 5.75 Å². The molecule has 1 aromatic heterocycles. The Hall–Kier alpha value is -1.81. The van der Waals surface area contributed by atoms with Gasteiger partial charge in [-0.25, -0.2) is 9.97 Å². The smallest absolute Gasteiger partial charge is 0.224 e. The van der Waals surface area contributed by atoms with Crippen molar-refractivity contribution in [2.75, 3.05) is 11.9 Å². The zero-order valence-electron chi connectivity index (χ0n) is 11.0. The van der Waals surface area contributed by atoms with Crippen LogP contribution in [0.2, 0.25) is 5.28 Å². The van der Waals surface area contributed by atoms with Crippen molar-refractivity contribution in [1.29, 1.82) is 0 Å². The summed E-state index contributed by atoms with van der Waals surface area (Å²) in [6.45, 7) is 4.74. The van der Waals surface area contributed by atoms with Gasteiger partial charge in [0.1, 0.15) is 11.6 Å². The molecule has 2 aromatic rings. The number of hydrogen-bond acceptors (Lipinski definition) is 4. The van der Waals surface area contributed by atoms with Gasteiger partial charge in [-0.15, -0.1) is 0 Å². The standard InChI is InChI=1S/C14H16ClN3O/c1-3-8-19-12-6-4-11(5-7-12)17-13-10(2)9-16-14(15)18-13/h4-7,9H,3,8H2,1-2H3,(H,16,17,18). The maximum absolute atomic E-state index is 5.78. The molecule has 0 bridgehead atoms. The van der Waals surface area contributed by atoms with Gasteiger partial charge in [0.05, 0.1) is 6.61 Å². The third-order valence-electron chi connectivity index (χ3n) is 2.53. The van der Waals surface area contributed by atoms with Crippen LogP contribution in [-0.2, 0) is 0 Å². The maximum atomic E-state index is 5.78. The van der Waals surface area contributed by atoms with E-state index in [4.69, 9.17) is 16.3 Å². The number of halogens is 1. The number of nitrogens with zero attached hydrogens (tertiary/aromatic N) is 2. The molecule has 4 nitrogen and oxygen atoms in total. The molecular formula is C14H16ClN3O. The molecule has 0 fully saturated rings. The van der Waals surface area contributed by atoms with Crippen LogP contribution in [-0.4, -0.2) is 16.6 Å². The molecule has 1 aromatic carbocycles. The Kier molecular flexibility index (Phi) is 4.58. The molecular weight excluding hydrogens is 262 g/mol. The molecule has 0 atom stereocenters. The highest BCUT2D eigenvalue weighted by Crippen LogP contribution is 2.21. The van der Waals surface area contributed by atoms with Gasteiger partial charge in [-0.3, -0.25) is 0 Å². The quantitative estimate of drug-likeness (QED) is 0.840. The highest BCUT2D eigenvalue weighted by atomic mass is 35.5. The first-order chi connectivity index (χ1) is 9.19. The second-order valence-corrected chi connectivity index (χ2v) is 4.51. The lowest BCUT2D eigenvalue weighted by Crippen LogP contribution is -1.99. The number of anilines is 2. The number of aromatic nitrogens is 2. The summed E-state index contributed by atoms with van der Waals surface area (Å²) >= 11 is 5.78. The van der Waals surface area contributed by atoms with Crippen LogP contribution >= 0.6 is 11.6 Å². The second kappa shape index (κ2) is 6.38. The van der Waals surface area contributed by atoms with Crippen LogP contribution in [0.15, 0.2) is 30.5 Å². The fraction of sp³-hybridized carbons (Fsp3) is 0.286. The lowest BCUT2D eigenvalue weighted by molar-refractivity contribution is 0.317. The fourth-order valence-electron chi connectivity index (χ4n) is 1.54. The molecule has 0 spiro atoms. The summed E-state index contributed by atoms with van der Waals surface area (Å²) in [4.78, 5) is 8.08. The van der Waals surface area contributed by atoms with Crippen LogP contribution in [0.25, 0.3) is 0 Å². The molecule has 0 aliphatic carbocycles. The molecule has 1 heterocycles. The largest absolute Gasteiger partial charge is 0.494 e. The zero-order valence-corrected chi connectivity index (χ0v) is 11.7. The van der Waals surface area contributed by atoms with E-state index in [0.29, 0.717) is 5.82 Å². The van der Waals surface area contributed by atoms with Crippen molar-refractivity contribution in [3.63, 3.8) is 0 Å². The average Bonchev–Trinajstić information content (AvgIpc) is 2.42. The van der Waals surface area contributed by atoms with Crippen molar-refractivity contribution >= 4 is 23.1 Å². The van der Waals surface area contributed by atoms with Crippen LogP contribution in [0.1, 0.15) is 18.9 Å². The van der Waals surface area contributed by atoms with Gasteiger partial charge in [-0.05, 0) is 49.2 Å². The van der Waals surface area contributed by atoms with Crippen molar-refractivity contribution in [2.24, 2.45) is 0 Å². The molecule has 0 saturated carbocycles. The number of aryl methyl sites for hydroxylation is 1. The van der Waals surface area contributed by atoms with E-state index in [9.17, 15) is 0 Å². The minimum Gasteiger partial charge on any atom is -0.494 e. The number of hydrogen-bond donors (Lipinski definition) is 1. The molecule has 0 aliphatic rings. The Morgan fingerprint density at radius 3 is 2.68 bits per heavy atom. The van der Waals surface area contributed by atoms with E-state index in [2.05, 4.69) is 22.2 Å². The average molecular weight is 278 g/mol. The van der Waals surface area contributed by atoms with Crippen molar-refractivity contribution in [3.05, 3.63) is 41.3 Å². The maximum Gasteiger partial charge on any atom is 0.224 e. The van der Waals surface area contributed by atoms with Crippen LogP contribution in [0.3, 0.4) is 0 Å². The Bertz CT molecular complexity index is 543. The van der Waals surface area contributed by atoms with E-state index in [-0.39, 0.29) is 5.28 Å². The van der Waals surface area contributed by atoms with E-state index >= 15 is 0 Å². The van der Waals surface area contributed by atoms with Gasteiger partial charge in [0.2, 0.25) is 5.28 Å². The van der Waals surface area contributed by atoms with Crippen molar-refractivity contribution in [1.82, 2.24) is 9.97 Å². The summed E-state index contributed by atoms with van der Waals surface area (Å²) in [5.41, 5.74) is 1.87. The highest BCUT2D eigenvalue weighted by Gasteiger charge is 2.03. The molecule has 0 radical (unpaired) electrons. The number of ether oxygens (including phenoxy) is 1. The van der Waals surface area contributed by atoms with E-state index in [1.165, 1.54) is 0 Å². The first-order valence-corrected chi connectivity index (χ1v) is 6.56. The Morgan fingerprint density at radius 1 is 1.26 bits per heavy atom. The predicted molar refractivity (Wildman–Crippen MR) is 77.3 cm³/mol. The monoisotopic (exact) mass is 277 g/mol. The van der Waals surface area contributed by atoms with Crippen LogP contribution in [0, 0.1) is 6.92 Å². The molecule has 100 valence electrons. The van der Waals surface area contributed by atoms with Crippen LogP contribution < -0.4 is 10.1 Å². The molecule has 19 heavy (non-hydrogen) atoms. The Balaban J connectivity index is 2.08. The predicted octanol–water partition coefficient (Wildman–Crippen LogP) is 3.97. The van der Waals surface area contributed by atoms with Gasteiger partial charge in [-0.1, -0.05) is 6.92 Å². The van der Waals surface area contributed by atoms with E-state index in [1.807, 2.05) is 31.2 Å². The molecule has 0 saturated heterocycles. The van der Waals surface area contributed by atoms with Gasteiger partial charge < -0.3 is 10.1 Å². The molecule has 5 heteroatoms. The SMILES string of the molecule is CCCOc1ccc(Nc2nc(Cl)ncc2C)cc1. The number of rotatable bonds is 5. The van der Waals surface area contributed by atoms with Gasteiger partial charge in [-0.2, -0.15) is 0 Å². The second-order valence-electron chi connectivity index (χ2n) is 4.17. The molecule has 0 aliphatic heterocycles. The summed E-state index contributed by atoms with van der Waals surface area (Å²) in [6, 6.07) is 7.74. The normalized spacial score (nSPS) is 10.3. The first kappa shape index (κ1) is 13.6. The van der Waals surface area contributed by atoms with Gasteiger partial charge in [0, 0.05) is 17.4 Å². The van der Waals surface area contributed by atoms with E-state index in [1.54, 1.807) is 6.20 Å². The summed E-state index contributed by atoms with van der Waals surface area (Å²) in [5, 5.41) is 3.44. The summed E-state index contributed by atoms with van der Waals surface area (Å²) in [7, 11) is 0. The minimum atomic E-state index is 0.232. The summed E-state index contributed by atoms with van der Waals surface area (Å²) in [5.74, 6) is 1.58. The Morgan fingerprint density at radius 2 is 2.00 bits per heavy atom. The third-order valence-corrected chi connectivity index (χ3v) is 2.71. The number of benzene rings is 1. The minimum absolute atomic E-state index is 0.232. The zero-order chi connectivity index (χ0) is 13.7. The lowest BCUT2D eigenvalue weighted by Gasteiger charge is -2.09. The summed E-state index contributed by atoms with van der Waals surface area (Å²) in [6.07, 6.45) is 2.69. The number of nitrogens with one attached hydrogen (secondary N) is 1. The Labute approximate surface area is 117 Å². The van der Waals surface area contributed by atoms with Gasteiger partial charge >= 0.3 is 0 Å². The third kappa shape index (κ3) is 3.83. The topological polar surface area (TPSA) is 47.0 Å². The fourth-order valence-corrected chi connectivity index (χ4v) is 1.67. The van der Waals surface area contributed by atoms with E-state index < -0.39 is 0 Å². The molecule has 0 amide bonds. The molecule has 2 rings (SSSR count). The highest BCUT2D eigenvalue weighted by molar-refractivity contribution is 6.28. The van der Waals surface area contributed by atoms with Gasteiger partial charge in [0.15, 0.2) is 0 Å². The molecule has 0 unspecified atom stereocenters. The molecule has 1 N–H and O–H groups in total.